The molecule has 0 fully saturated rings. The lowest BCUT2D eigenvalue weighted by Crippen LogP contribution is -2.13. The molecule has 1 aromatic heterocycles. The summed E-state index contributed by atoms with van der Waals surface area (Å²) in [5, 5.41) is 7.78. The van der Waals surface area contributed by atoms with E-state index in [1.54, 1.807) is 0 Å². The number of nitrogens with two attached hydrogens (primary N) is 2. The number of amidine groups is 1. The summed E-state index contributed by atoms with van der Waals surface area (Å²) >= 11 is 0. The zero-order chi connectivity index (χ0) is 19.1. The predicted octanol–water partition coefficient (Wildman–Crippen LogP) is 4.47. The second-order valence-corrected chi connectivity index (χ2v) is 6.92. The van der Waals surface area contributed by atoms with E-state index in [0.29, 0.717) is 11.8 Å². The third-order valence-electron chi connectivity index (χ3n) is 5.13. The molecule has 0 saturated carbocycles. The fourth-order valence-corrected chi connectivity index (χ4v) is 3.56. The Bertz CT molecular complexity index is 1100. The van der Waals surface area contributed by atoms with Gasteiger partial charge in [-0.3, -0.25) is 5.41 Å². The van der Waals surface area contributed by atoms with Gasteiger partial charge >= 0.3 is 0 Å². The number of rotatable bonds is 3. The first kappa shape index (κ1) is 22.5. The summed E-state index contributed by atoms with van der Waals surface area (Å²) in [6.07, 6.45) is 1.61. The van der Waals surface area contributed by atoms with Gasteiger partial charge in [-0.2, -0.15) is 4.98 Å². The standard InChI is InChI=1S/C21H22N6.2ClH/c1-11-6-7-13(10-12(11)2)18-20(27-21(24)26-18)25-17-9-8-14-15(17)4-3-5-16(14)19(22)23;;/h3-7,10H,8-9H2,1-2H3,(H3,22,23)(H3,24,26,27);2*1H. The number of aliphatic imine (C=N–C) groups is 1. The largest absolute Gasteiger partial charge is 0.384 e. The van der Waals surface area contributed by atoms with E-state index in [1.807, 2.05) is 18.2 Å². The highest BCUT2D eigenvalue weighted by Gasteiger charge is 2.22. The molecule has 3 aromatic rings. The van der Waals surface area contributed by atoms with Gasteiger partial charge in [0.1, 0.15) is 5.84 Å². The molecule has 0 radical (unpaired) electrons. The second-order valence-electron chi connectivity index (χ2n) is 6.92. The van der Waals surface area contributed by atoms with Gasteiger partial charge in [0, 0.05) is 11.1 Å². The molecule has 1 aliphatic carbocycles. The van der Waals surface area contributed by atoms with E-state index < -0.39 is 0 Å². The van der Waals surface area contributed by atoms with Gasteiger partial charge in [0.2, 0.25) is 0 Å². The van der Waals surface area contributed by atoms with Crippen LogP contribution in [0.4, 0.5) is 11.8 Å². The molecule has 0 aliphatic heterocycles. The summed E-state index contributed by atoms with van der Waals surface area (Å²) in [7, 11) is 0. The van der Waals surface area contributed by atoms with Crippen LogP contribution in [0.3, 0.4) is 0 Å². The minimum Gasteiger partial charge on any atom is -0.384 e. The number of anilines is 1. The molecule has 1 heterocycles. The average molecular weight is 431 g/mol. The van der Waals surface area contributed by atoms with Gasteiger partial charge in [-0.05, 0) is 55.0 Å². The van der Waals surface area contributed by atoms with Gasteiger partial charge in [0.05, 0.1) is 11.4 Å². The van der Waals surface area contributed by atoms with Crippen molar-refractivity contribution in [3.63, 3.8) is 0 Å². The lowest BCUT2D eigenvalue weighted by Gasteiger charge is -2.06. The van der Waals surface area contributed by atoms with Crippen molar-refractivity contribution in [1.29, 1.82) is 5.41 Å². The number of nitrogens with one attached hydrogen (secondary N) is 2. The van der Waals surface area contributed by atoms with E-state index in [9.17, 15) is 0 Å². The molecule has 4 rings (SSSR count). The summed E-state index contributed by atoms with van der Waals surface area (Å²) in [6, 6.07) is 12.1. The van der Waals surface area contributed by atoms with Crippen LogP contribution in [0.5, 0.6) is 0 Å². The van der Waals surface area contributed by atoms with Crippen molar-refractivity contribution >= 4 is 48.1 Å². The molecule has 1 aliphatic rings. The van der Waals surface area contributed by atoms with E-state index >= 15 is 0 Å². The molecule has 0 spiro atoms. The van der Waals surface area contributed by atoms with Gasteiger partial charge in [-0.25, -0.2) is 4.99 Å². The predicted molar refractivity (Wildman–Crippen MR) is 124 cm³/mol. The monoisotopic (exact) mass is 430 g/mol. The molecule has 152 valence electrons. The lowest BCUT2D eigenvalue weighted by atomic mass is 10.0. The molecule has 6 N–H and O–H groups in total. The van der Waals surface area contributed by atoms with Crippen molar-refractivity contribution in [3.8, 4) is 11.3 Å². The highest BCUT2D eigenvalue weighted by Crippen LogP contribution is 2.33. The van der Waals surface area contributed by atoms with Crippen LogP contribution in [0.1, 0.15) is 34.2 Å². The molecule has 0 unspecified atom stereocenters. The second kappa shape index (κ2) is 8.68. The number of H-pyrrole nitrogens is 1. The van der Waals surface area contributed by atoms with Crippen molar-refractivity contribution in [2.24, 2.45) is 10.7 Å². The van der Waals surface area contributed by atoms with Gasteiger partial charge in [-0.15, -0.1) is 24.8 Å². The van der Waals surface area contributed by atoms with E-state index in [4.69, 9.17) is 21.9 Å². The third kappa shape index (κ3) is 4.13. The molecule has 0 saturated heterocycles. The van der Waals surface area contributed by atoms with E-state index in [1.165, 1.54) is 11.1 Å². The third-order valence-corrected chi connectivity index (χ3v) is 5.13. The zero-order valence-corrected chi connectivity index (χ0v) is 17.9. The Morgan fingerprint density at radius 3 is 2.55 bits per heavy atom. The zero-order valence-electron chi connectivity index (χ0n) is 16.2. The Hall–Kier alpha value is -2.83. The first-order valence-corrected chi connectivity index (χ1v) is 8.91. The Kier molecular flexibility index (Phi) is 6.72. The van der Waals surface area contributed by atoms with Crippen LogP contribution in [0, 0.1) is 19.3 Å². The summed E-state index contributed by atoms with van der Waals surface area (Å²) in [4.78, 5) is 12.4. The highest BCUT2D eigenvalue weighted by molar-refractivity contribution is 6.09. The molecule has 0 bridgehead atoms. The van der Waals surface area contributed by atoms with Crippen LogP contribution >= 0.6 is 24.8 Å². The number of nitrogen functional groups attached to an aromatic ring is 2. The van der Waals surface area contributed by atoms with Gasteiger partial charge in [0.25, 0.3) is 0 Å². The van der Waals surface area contributed by atoms with Crippen LogP contribution < -0.4 is 11.5 Å². The number of aromatic nitrogens is 2. The van der Waals surface area contributed by atoms with Crippen molar-refractivity contribution in [2.75, 3.05) is 5.73 Å². The van der Waals surface area contributed by atoms with Gasteiger partial charge in [-0.1, -0.05) is 30.3 Å². The maximum absolute atomic E-state index is 7.78. The molecule has 0 atom stereocenters. The van der Waals surface area contributed by atoms with Crippen LogP contribution in [-0.4, -0.2) is 21.5 Å². The Balaban J connectivity index is 0.00000150. The summed E-state index contributed by atoms with van der Waals surface area (Å²) in [5.74, 6) is 1.03. The number of nitrogens with zero attached hydrogens (tertiary/aromatic N) is 2. The quantitative estimate of drug-likeness (QED) is 0.362. The van der Waals surface area contributed by atoms with Gasteiger partial charge in [0.15, 0.2) is 11.8 Å². The number of benzene rings is 2. The summed E-state index contributed by atoms with van der Waals surface area (Å²) in [6.45, 7) is 4.17. The fraction of sp³-hybridized carbons (Fsp3) is 0.190. The normalized spacial score (nSPS) is 13.5. The number of imidazole rings is 1. The Labute approximate surface area is 182 Å². The molecule has 2 aromatic carbocycles. The molecule has 6 nitrogen and oxygen atoms in total. The Morgan fingerprint density at radius 2 is 1.86 bits per heavy atom. The maximum Gasteiger partial charge on any atom is 0.200 e. The topological polar surface area (TPSA) is 117 Å². The van der Waals surface area contributed by atoms with Crippen molar-refractivity contribution in [1.82, 2.24) is 9.97 Å². The number of halogens is 2. The maximum atomic E-state index is 7.78. The number of hydrogen-bond donors (Lipinski definition) is 4. The molecule has 29 heavy (non-hydrogen) atoms. The fourth-order valence-electron chi connectivity index (χ4n) is 3.56. The minimum atomic E-state index is 0. The smallest absolute Gasteiger partial charge is 0.200 e. The van der Waals surface area contributed by atoms with Crippen molar-refractivity contribution in [3.05, 3.63) is 64.2 Å². The van der Waals surface area contributed by atoms with E-state index in [-0.39, 0.29) is 30.6 Å². The highest BCUT2D eigenvalue weighted by atomic mass is 35.5. The van der Waals surface area contributed by atoms with E-state index in [0.717, 1.165) is 46.5 Å². The van der Waals surface area contributed by atoms with Crippen LogP contribution in [0.2, 0.25) is 0 Å². The summed E-state index contributed by atoms with van der Waals surface area (Å²) in [5.41, 5.74) is 19.8. The Morgan fingerprint density at radius 1 is 1.10 bits per heavy atom. The first-order valence-electron chi connectivity index (χ1n) is 8.91. The number of hydrogen-bond acceptors (Lipinski definition) is 4. The van der Waals surface area contributed by atoms with Crippen LogP contribution in [0.15, 0.2) is 41.4 Å². The lowest BCUT2D eigenvalue weighted by molar-refractivity contribution is 1.08. The van der Waals surface area contributed by atoms with Gasteiger partial charge < -0.3 is 16.5 Å². The van der Waals surface area contributed by atoms with Crippen molar-refractivity contribution < 1.29 is 0 Å². The summed E-state index contributed by atoms with van der Waals surface area (Å²) < 4.78 is 0. The molecule has 8 heteroatoms. The van der Waals surface area contributed by atoms with Crippen LogP contribution in [0.25, 0.3) is 11.3 Å². The number of fused-ring (bicyclic) bond motifs is 1. The molecule has 0 amide bonds. The first-order chi connectivity index (χ1) is 12.9. The SMILES string of the molecule is Cc1ccc(-c2[nH]c(N)nc2N=C2CCc3c(C(=N)N)cccc32)cc1C.Cl.Cl. The molecular weight excluding hydrogens is 407 g/mol. The number of aryl methyl sites for hydroxylation is 2. The average Bonchev–Trinajstić information content (AvgIpc) is 3.21. The molecular formula is C21H24Cl2N6. The van der Waals surface area contributed by atoms with Crippen molar-refractivity contribution in [2.45, 2.75) is 26.7 Å². The minimum absolute atomic E-state index is 0. The number of aromatic amines is 1. The van der Waals surface area contributed by atoms with E-state index in [2.05, 4.69) is 42.0 Å². The van der Waals surface area contributed by atoms with Crippen LogP contribution in [-0.2, 0) is 6.42 Å².